The number of carboxylic acid groups (broad SMARTS) is 1. The fourth-order valence-corrected chi connectivity index (χ4v) is 4.29. The van der Waals surface area contributed by atoms with E-state index in [-0.39, 0.29) is 18.5 Å². The van der Waals surface area contributed by atoms with Crippen molar-refractivity contribution in [2.75, 3.05) is 11.4 Å². The van der Waals surface area contributed by atoms with Gasteiger partial charge in [0.15, 0.2) is 5.58 Å². The van der Waals surface area contributed by atoms with Gasteiger partial charge in [0.2, 0.25) is 5.91 Å². The van der Waals surface area contributed by atoms with E-state index >= 15 is 0 Å². The van der Waals surface area contributed by atoms with Gasteiger partial charge in [-0.05, 0) is 70.5 Å². The van der Waals surface area contributed by atoms with Crippen molar-refractivity contribution < 1.29 is 27.9 Å². The molecular formula is C25H29F2N3O5. The zero-order chi connectivity index (χ0) is 26.1. The number of oxazole rings is 1. The first-order valence-electron chi connectivity index (χ1n) is 11.3. The highest BCUT2D eigenvalue weighted by Crippen LogP contribution is 2.27. The first-order valence-corrected chi connectivity index (χ1v) is 11.3. The van der Waals surface area contributed by atoms with E-state index in [1.165, 1.54) is 9.47 Å². The Morgan fingerprint density at radius 1 is 1.09 bits per heavy atom. The van der Waals surface area contributed by atoms with Gasteiger partial charge in [-0.1, -0.05) is 0 Å². The molecule has 0 radical (unpaired) electrons. The first kappa shape index (κ1) is 25.9. The normalized spacial score (nSPS) is 12.5. The Kier molecular flexibility index (Phi) is 7.33. The number of hydrogen-bond donors (Lipinski definition) is 1. The molecule has 0 saturated carbocycles. The number of benzene rings is 2. The number of aromatic nitrogens is 1. The number of rotatable bonds is 7. The summed E-state index contributed by atoms with van der Waals surface area (Å²) in [4.78, 5) is 40.6. The quantitative estimate of drug-likeness (QED) is 0.522. The zero-order valence-corrected chi connectivity index (χ0v) is 20.3. The molecule has 10 heteroatoms. The number of carbonyl (C=O) groups excluding carboxylic acids is 1. The number of anilines is 1. The van der Waals surface area contributed by atoms with E-state index in [0.717, 1.165) is 17.0 Å². The number of halogens is 2. The highest BCUT2D eigenvalue weighted by molar-refractivity contribution is 6.00. The topological polar surface area (TPSA) is 96.0 Å². The van der Waals surface area contributed by atoms with Crippen molar-refractivity contribution in [3.8, 4) is 0 Å². The molecule has 3 rings (SSSR count). The van der Waals surface area contributed by atoms with E-state index in [0.29, 0.717) is 29.4 Å². The maximum atomic E-state index is 13.9. The molecule has 0 aliphatic rings. The summed E-state index contributed by atoms with van der Waals surface area (Å²) >= 11 is 0. The standard InChI is InChI=1S/C25H29F2N3O5/c1-6-28(18-8-9-21-19(14-18)29(7-2)24(34)35-21)22(31)20(30(23(32)33)25(3,4)5)12-15-10-16(26)13-17(27)11-15/h8-11,13-14,20H,6-7,12H2,1-5H3,(H,32,33)/t20-/m0/s1. The van der Waals surface area contributed by atoms with Crippen LogP contribution in [0.2, 0.25) is 0 Å². The number of aryl methyl sites for hydroxylation is 1. The molecule has 2 aromatic carbocycles. The molecule has 1 heterocycles. The van der Waals surface area contributed by atoms with Crippen molar-refractivity contribution in [1.82, 2.24) is 9.47 Å². The highest BCUT2D eigenvalue weighted by atomic mass is 19.1. The summed E-state index contributed by atoms with van der Waals surface area (Å²) in [6, 6.07) is 6.41. The maximum Gasteiger partial charge on any atom is 0.419 e. The molecule has 0 aliphatic heterocycles. The monoisotopic (exact) mass is 489 g/mol. The summed E-state index contributed by atoms with van der Waals surface area (Å²) < 4.78 is 34.4. The molecule has 1 aromatic heterocycles. The lowest BCUT2D eigenvalue weighted by molar-refractivity contribution is -0.125. The van der Waals surface area contributed by atoms with Crippen molar-refractivity contribution in [3.05, 3.63) is 64.1 Å². The Morgan fingerprint density at radius 3 is 2.23 bits per heavy atom. The lowest BCUT2D eigenvalue weighted by Gasteiger charge is -2.40. The molecule has 35 heavy (non-hydrogen) atoms. The van der Waals surface area contributed by atoms with Gasteiger partial charge < -0.3 is 14.4 Å². The minimum atomic E-state index is -1.34. The van der Waals surface area contributed by atoms with Crippen LogP contribution in [0.15, 0.2) is 45.6 Å². The van der Waals surface area contributed by atoms with Gasteiger partial charge in [0, 0.05) is 36.8 Å². The second kappa shape index (κ2) is 9.89. The fourth-order valence-electron chi connectivity index (χ4n) is 4.29. The third-order valence-corrected chi connectivity index (χ3v) is 5.74. The summed E-state index contributed by atoms with van der Waals surface area (Å²) in [5.74, 6) is -2.73. The molecule has 0 aliphatic carbocycles. The molecule has 0 bridgehead atoms. The Bertz CT molecular complexity index is 1290. The maximum absolute atomic E-state index is 13.9. The lowest BCUT2D eigenvalue weighted by atomic mass is 9.97. The average molecular weight is 490 g/mol. The number of carbonyl (C=O) groups is 2. The highest BCUT2D eigenvalue weighted by Gasteiger charge is 2.39. The van der Waals surface area contributed by atoms with Crippen LogP contribution in [0.5, 0.6) is 0 Å². The van der Waals surface area contributed by atoms with E-state index < -0.39 is 41.0 Å². The number of fused-ring (bicyclic) bond motifs is 1. The van der Waals surface area contributed by atoms with Crippen LogP contribution in [-0.2, 0) is 17.8 Å². The van der Waals surface area contributed by atoms with Crippen LogP contribution in [0.1, 0.15) is 40.2 Å². The van der Waals surface area contributed by atoms with Crippen molar-refractivity contribution >= 4 is 28.8 Å². The summed E-state index contributed by atoms with van der Waals surface area (Å²) in [5, 5.41) is 10.0. The van der Waals surface area contributed by atoms with Gasteiger partial charge >= 0.3 is 11.8 Å². The van der Waals surface area contributed by atoms with Crippen LogP contribution in [0.4, 0.5) is 19.3 Å². The predicted octanol–water partition coefficient (Wildman–Crippen LogP) is 4.64. The van der Waals surface area contributed by atoms with Gasteiger partial charge in [-0.25, -0.2) is 18.4 Å². The van der Waals surface area contributed by atoms with Crippen LogP contribution in [0, 0.1) is 11.6 Å². The molecule has 2 amide bonds. The summed E-state index contributed by atoms with van der Waals surface area (Å²) in [6.45, 7) is 8.98. The van der Waals surface area contributed by atoms with Gasteiger partial charge in [0.25, 0.3) is 0 Å². The second-order valence-electron chi connectivity index (χ2n) is 9.17. The van der Waals surface area contributed by atoms with Crippen molar-refractivity contribution in [2.45, 2.75) is 59.2 Å². The second-order valence-corrected chi connectivity index (χ2v) is 9.17. The molecule has 0 unspecified atom stereocenters. The Balaban J connectivity index is 2.11. The SMILES string of the molecule is CCN(C(=O)[C@H](Cc1cc(F)cc(F)c1)N(C(=O)O)C(C)(C)C)c1ccc2oc(=O)n(CC)c2c1. The Hall–Kier alpha value is -3.69. The van der Waals surface area contributed by atoms with E-state index in [2.05, 4.69) is 0 Å². The smallest absolute Gasteiger partial charge is 0.419 e. The van der Waals surface area contributed by atoms with E-state index in [1.807, 2.05) is 0 Å². The van der Waals surface area contributed by atoms with Crippen LogP contribution in [-0.4, -0.2) is 44.7 Å². The summed E-state index contributed by atoms with van der Waals surface area (Å²) in [6.07, 6.45) is -1.57. The largest absolute Gasteiger partial charge is 0.465 e. The first-order chi connectivity index (χ1) is 16.4. The van der Waals surface area contributed by atoms with Crippen molar-refractivity contribution in [2.24, 2.45) is 0 Å². The molecule has 188 valence electrons. The molecule has 0 spiro atoms. The number of likely N-dealkylation sites (N-methyl/N-ethyl adjacent to an activating group) is 1. The van der Waals surface area contributed by atoms with Crippen LogP contribution < -0.4 is 10.7 Å². The summed E-state index contributed by atoms with van der Waals surface area (Å²) in [5.41, 5.74) is 0.447. The van der Waals surface area contributed by atoms with E-state index in [1.54, 1.807) is 52.8 Å². The predicted molar refractivity (Wildman–Crippen MR) is 128 cm³/mol. The fraction of sp³-hybridized carbons (Fsp3) is 0.400. The van der Waals surface area contributed by atoms with Crippen LogP contribution in [0.25, 0.3) is 11.1 Å². The van der Waals surface area contributed by atoms with Gasteiger partial charge in [-0.2, -0.15) is 0 Å². The minimum absolute atomic E-state index is 0.150. The molecule has 1 N–H and O–H groups in total. The molecule has 1 atom stereocenters. The van der Waals surface area contributed by atoms with E-state index in [9.17, 15) is 28.3 Å². The minimum Gasteiger partial charge on any atom is -0.465 e. The average Bonchev–Trinajstić information content (AvgIpc) is 3.06. The molecule has 0 fully saturated rings. The Morgan fingerprint density at radius 2 is 1.71 bits per heavy atom. The van der Waals surface area contributed by atoms with Gasteiger partial charge in [0.05, 0.1) is 5.52 Å². The number of hydrogen-bond acceptors (Lipinski definition) is 4. The molecule has 3 aromatic rings. The van der Waals surface area contributed by atoms with Gasteiger partial charge in [0.1, 0.15) is 17.7 Å². The lowest BCUT2D eigenvalue weighted by Crippen LogP contribution is -2.58. The van der Waals surface area contributed by atoms with Gasteiger partial charge in [-0.15, -0.1) is 0 Å². The number of nitrogens with zero attached hydrogens (tertiary/aromatic N) is 3. The van der Waals surface area contributed by atoms with E-state index in [4.69, 9.17) is 4.42 Å². The van der Waals surface area contributed by atoms with Crippen LogP contribution in [0.3, 0.4) is 0 Å². The molecule has 8 nitrogen and oxygen atoms in total. The molecule has 0 saturated heterocycles. The third kappa shape index (κ3) is 5.36. The van der Waals surface area contributed by atoms with Gasteiger partial charge in [-0.3, -0.25) is 14.3 Å². The number of amides is 2. The third-order valence-electron chi connectivity index (χ3n) is 5.74. The summed E-state index contributed by atoms with van der Waals surface area (Å²) in [7, 11) is 0. The van der Waals surface area contributed by atoms with Crippen LogP contribution >= 0.6 is 0 Å². The van der Waals surface area contributed by atoms with Crippen molar-refractivity contribution in [1.29, 1.82) is 0 Å². The molecular weight excluding hydrogens is 460 g/mol. The van der Waals surface area contributed by atoms with Crippen molar-refractivity contribution in [3.63, 3.8) is 0 Å². The Labute approximate surface area is 201 Å². The zero-order valence-electron chi connectivity index (χ0n) is 20.3.